The summed E-state index contributed by atoms with van der Waals surface area (Å²) >= 11 is 3.19. The van der Waals surface area contributed by atoms with Gasteiger partial charge >= 0.3 is 0 Å². The van der Waals surface area contributed by atoms with E-state index in [1.54, 1.807) is 30.3 Å². The number of ether oxygens (including phenoxy) is 2. The molecule has 0 fully saturated rings. The predicted octanol–water partition coefficient (Wildman–Crippen LogP) is 4.50. The third-order valence-electron chi connectivity index (χ3n) is 3.04. The summed E-state index contributed by atoms with van der Waals surface area (Å²) in [5.74, 6) is 0.368. The number of allylic oxidation sites excluding steroid dienone is 1. The van der Waals surface area contributed by atoms with Crippen molar-refractivity contribution in [2.24, 2.45) is 0 Å². The fraction of sp³-hybridized carbons (Fsp3) is 0.118. The number of carbonyl (C=O) groups excluding carboxylic acids is 1. The molecule has 0 heterocycles. The van der Waals surface area contributed by atoms with Crippen LogP contribution in [0.4, 0.5) is 4.39 Å². The average Bonchev–Trinajstić information content (AvgIpc) is 2.53. The van der Waals surface area contributed by atoms with Gasteiger partial charge in [-0.05, 0) is 42.5 Å². The number of carbonyl (C=O) groups is 1. The van der Waals surface area contributed by atoms with Gasteiger partial charge < -0.3 is 9.47 Å². The van der Waals surface area contributed by atoms with Gasteiger partial charge in [0.15, 0.2) is 17.3 Å². The van der Waals surface area contributed by atoms with Gasteiger partial charge in [-0.1, -0.05) is 22.0 Å². The van der Waals surface area contributed by atoms with Crippen molar-refractivity contribution in [3.8, 4) is 11.5 Å². The Hall–Kier alpha value is -2.14. The van der Waals surface area contributed by atoms with Gasteiger partial charge in [-0.15, -0.1) is 0 Å². The highest BCUT2D eigenvalue weighted by Gasteiger charge is 2.09. The lowest BCUT2D eigenvalue weighted by Gasteiger charge is -2.08. The first-order valence-electron chi connectivity index (χ1n) is 6.44. The number of hydrogen-bond donors (Lipinski definition) is 0. The molecule has 22 heavy (non-hydrogen) atoms. The Morgan fingerprint density at radius 2 is 1.82 bits per heavy atom. The maximum atomic E-state index is 13.7. The van der Waals surface area contributed by atoms with Crippen LogP contribution < -0.4 is 9.47 Å². The van der Waals surface area contributed by atoms with Crippen LogP contribution in [0.5, 0.6) is 11.5 Å². The minimum Gasteiger partial charge on any atom is -0.493 e. The molecule has 0 N–H and O–H groups in total. The number of rotatable bonds is 5. The van der Waals surface area contributed by atoms with Crippen molar-refractivity contribution in [1.29, 1.82) is 0 Å². The van der Waals surface area contributed by atoms with Gasteiger partial charge in [0.25, 0.3) is 0 Å². The minimum absolute atomic E-state index is 0.247. The van der Waals surface area contributed by atoms with Gasteiger partial charge in [-0.2, -0.15) is 0 Å². The summed E-state index contributed by atoms with van der Waals surface area (Å²) in [5.41, 5.74) is 0.781. The summed E-state index contributed by atoms with van der Waals surface area (Å²) in [4.78, 5) is 12.1. The van der Waals surface area contributed by atoms with E-state index in [4.69, 9.17) is 9.47 Å². The van der Waals surface area contributed by atoms with Crippen LogP contribution >= 0.6 is 15.9 Å². The Labute approximate surface area is 136 Å². The standard InChI is InChI=1S/C17H14BrFO3/c1-21-16-8-5-12(9-17(16)22-2)15(20)7-4-11-3-6-13(18)10-14(11)19/h3-10H,1-2H3. The first-order valence-corrected chi connectivity index (χ1v) is 7.24. The van der Waals surface area contributed by atoms with Gasteiger partial charge in [0.2, 0.25) is 0 Å². The van der Waals surface area contributed by atoms with E-state index in [1.807, 2.05) is 0 Å². The van der Waals surface area contributed by atoms with Crippen molar-refractivity contribution in [1.82, 2.24) is 0 Å². The zero-order valence-electron chi connectivity index (χ0n) is 12.1. The monoisotopic (exact) mass is 364 g/mol. The molecule has 0 radical (unpaired) electrons. The van der Waals surface area contributed by atoms with Crippen LogP contribution in [0.3, 0.4) is 0 Å². The van der Waals surface area contributed by atoms with Gasteiger partial charge in [-0.3, -0.25) is 4.79 Å². The predicted molar refractivity (Wildman–Crippen MR) is 87.0 cm³/mol. The molecule has 0 saturated heterocycles. The van der Waals surface area contributed by atoms with Crippen LogP contribution in [0.25, 0.3) is 6.08 Å². The van der Waals surface area contributed by atoms with Crippen molar-refractivity contribution in [2.45, 2.75) is 0 Å². The summed E-state index contributed by atoms with van der Waals surface area (Å²) in [7, 11) is 3.02. The molecule has 2 aromatic carbocycles. The highest BCUT2D eigenvalue weighted by Crippen LogP contribution is 2.28. The third kappa shape index (κ3) is 3.74. The average molecular weight is 365 g/mol. The lowest BCUT2D eigenvalue weighted by Crippen LogP contribution is -1.97. The van der Waals surface area contributed by atoms with Gasteiger partial charge in [0, 0.05) is 15.6 Å². The molecular formula is C17H14BrFO3. The highest BCUT2D eigenvalue weighted by atomic mass is 79.9. The third-order valence-corrected chi connectivity index (χ3v) is 3.54. The van der Waals surface area contributed by atoms with E-state index in [0.717, 1.165) is 0 Å². The van der Waals surface area contributed by atoms with Crippen molar-refractivity contribution in [3.05, 3.63) is 63.9 Å². The number of ketones is 1. The molecule has 0 aromatic heterocycles. The molecule has 2 aromatic rings. The number of hydrogen-bond acceptors (Lipinski definition) is 3. The van der Waals surface area contributed by atoms with Crippen molar-refractivity contribution < 1.29 is 18.7 Å². The SMILES string of the molecule is COc1ccc(C(=O)C=Cc2ccc(Br)cc2F)cc1OC. The first-order chi connectivity index (χ1) is 10.5. The molecule has 114 valence electrons. The molecule has 0 spiro atoms. The molecule has 2 rings (SSSR count). The topological polar surface area (TPSA) is 35.5 Å². The van der Waals surface area contributed by atoms with Crippen LogP contribution in [0.2, 0.25) is 0 Å². The molecule has 0 amide bonds. The highest BCUT2D eigenvalue weighted by molar-refractivity contribution is 9.10. The maximum Gasteiger partial charge on any atom is 0.185 e. The number of benzene rings is 2. The molecule has 0 bridgehead atoms. The smallest absolute Gasteiger partial charge is 0.185 e. The summed E-state index contributed by atoms with van der Waals surface area (Å²) in [6.07, 6.45) is 2.77. The van der Waals surface area contributed by atoms with Gasteiger partial charge in [0.1, 0.15) is 5.82 Å². The van der Waals surface area contributed by atoms with Crippen molar-refractivity contribution >= 4 is 27.8 Å². The molecular weight excluding hydrogens is 351 g/mol. The summed E-state index contributed by atoms with van der Waals surface area (Å²) in [5, 5.41) is 0. The van der Waals surface area contributed by atoms with E-state index >= 15 is 0 Å². The van der Waals surface area contributed by atoms with Crippen molar-refractivity contribution in [3.63, 3.8) is 0 Å². The van der Waals surface area contributed by atoms with Crippen molar-refractivity contribution in [2.75, 3.05) is 14.2 Å². The maximum absolute atomic E-state index is 13.7. The van der Waals surface area contributed by atoms with Gasteiger partial charge in [0.05, 0.1) is 14.2 Å². The molecule has 0 unspecified atom stereocenters. The van der Waals surface area contributed by atoms with E-state index < -0.39 is 5.82 Å². The first kappa shape index (κ1) is 16.2. The normalized spacial score (nSPS) is 10.7. The van der Waals surface area contributed by atoms with E-state index in [-0.39, 0.29) is 5.78 Å². The fourth-order valence-corrected chi connectivity index (χ4v) is 2.22. The van der Waals surface area contributed by atoms with Gasteiger partial charge in [-0.25, -0.2) is 4.39 Å². The number of halogens is 2. The largest absolute Gasteiger partial charge is 0.493 e. The summed E-state index contributed by atoms with van der Waals surface area (Å²) in [6.45, 7) is 0. The second-order valence-corrected chi connectivity index (χ2v) is 5.35. The Kier molecular flexibility index (Phi) is 5.33. The van der Waals surface area contributed by atoms with E-state index in [1.165, 1.54) is 32.4 Å². The Morgan fingerprint density at radius 3 is 2.45 bits per heavy atom. The van der Waals surface area contributed by atoms with E-state index in [2.05, 4.69) is 15.9 Å². The second-order valence-electron chi connectivity index (χ2n) is 4.43. The fourth-order valence-electron chi connectivity index (χ4n) is 1.89. The molecule has 0 aliphatic carbocycles. The molecule has 0 atom stereocenters. The molecule has 0 aliphatic heterocycles. The zero-order valence-corrected chi connectivity index (χ0v) is 13.7. The van der Waals surface area contributed by atoms with Crippen LogP contribution in [-0.2, 0) is 0 Å². The van der Waals surface area contributed by atoms with E-state index in [9.17, 15) is 9.18 Å². The summed E-state index contributed by atoms with van der Waals surface area (Å²) < 4.78 is 24.6. The minimum atomic E-state index is -0.397. The second kappa shape index (κ2) is 7.22. The lowest BCUT2D eigenvalue weighted by atomic mass is 10.1. The molecule has 0 saturated carbocycles. The van der Waals surface area contributed by atoms with Crippen LogP contribution in [-0.4, -0.2) is 20.0 Å². The summed E-state index contributed by atoms with van der Waals surface area (Å²) in [6, 6.07) is 9.53. The van der Waals surface area contributed by atoms with Crippen LogP contribution in [0.1, 0.15) is 15.9 Å². The molecule has 0 aliphatic rings. The Balaban J connectivity index is 2.23. The van der Waals surface area contributed by atoms with E-state index in [0.29, 0.717) is 27.1 Å². The Morgan fingerprint density at radius 1 is 1.09 bits per heavy atom. The number of methoxy groups -OCH3 is 2. The Bertz CT molecular complexity index is 726. The van der Waals surface area contributed by atoms with Crippen LogP contribution in [0, 0.1) is 5.82 Å². The quantitative estimate of drug-likeness (QED) is 0.578. The molecule has 3 nitrogen and oxygen atoms in total. The zero-order chi connectivity index (χ0) is 16.1. The van der Waals surface area contributed by atoms with Crippen LogP contribution in [0.15, 0.2) is 46.9 Å². The molecule has 5 heteroatoms. The lowest BCUT2D eigenvalue weighted by molar-refractivity contribution is 0.104.